The van der Waals surface area contributed by atoms with Crippen LogP contribution in [0.15, 0.2) is 77.2 Å². The molecule has 0 unspecified atom stereocenters. The molecule has 2 aromatic rings. The second kappa shape index (κ2) is 9.00. The Morgan fingerprint density at radius 2 is 1.93 bits per heavy atom. The third-order valence-electron chi connectivity index (χ3n) is 4.15. The Bertz CT molecular complexity index is 976. The molecule has 0 atom stereocenters. The Labute approximate surface area is 173 Å². The molecule has 144 valence electrons. The van der Waals surface area contributed by atoms with Crippen LogP contribution in [0.2, 0.25) is 5.02 Å². The Balaban J connectivity index is 1.83. The van der Waals surface area contributed by atoms with Gasteiger partial charge in [-0.05, 0) is 42.8 Å². The van der Waals surface area contributed by atoms with Crippen molar-refractivity contribution in [3.8, 4) is 5.75 Å². The first-order chi connectivity index (χ1) is 13.4. The minimum absolute atomic E-state index is 0.0691. The van der Waals surface area contributed by atoms with E-state index in [9.17, 15) is 9.90 Å². The molecule has 0 saturated carbocycles. The largest absolute Gasteiger partial charge is 0.507 e. The molecule has 0 heterocycles. The van der Waals surface area contributed by atoms with E-state index in [1.54, 1.807) is 12.2 Å². The number of carbonyl (C=O) groups excluding carboxylic acids is 1. The van der Waals surface area contributed by atoms with Gasteiger partial charge in [-0.25, -0.2) is 0 Å². The predicted octanol–water partition coefficient (Wildman–Crippen LogP) is 5.59. The molecular weight excluding hydrogens is 397 g/mol. The van der Waals surface area contributed by atoms with Crippen LogP contribution in [0.1, 0.15) is 27.9 Å². The topological polar surface area (TPSA) is 58.6 Å². The van der Waals surface area contributed by atoms with E-state index in [2.05, 4.69) is 5.32 Å². The van der Waals surface area contributed by atoms with Crippen LogP contribution in [0.4, 0.5) is 0 Å². The molecule has 2 N–H and O–H groups in total. The van der Waals surface area contributed by atoms with Crippen molar-refractivity contribution in [1.29, 1.82) is 0 Å². The van der Waals surface area contributed by atoms with E-state index in [0.29, 0.717) is 34.5 Å². The molecule has 1 aliphatic rings. The second-order valence-electron chi connectivity index (χ2n) is 6.36. The Morgan fingerprint density at radius 1 is 1.18 bits per heavy atom. The maximum atomic E-state index is 12.6. The van der Waals surface area contributed by atoms with Gasteiger partial charge in [0.1, 0.15) is 18.1 Å². The van der Waals surface area contributed by atoms with Crippen molar-refractivity contribution in [1.82, 2.24) is 5.32 Å². The summed E-state index contributed by atoms with van der Waals surface area (Å²) < 4.78 is 5.96. The summed E-state index contributed by atoms with van der Waals surface area (Å²) in [6, 6.07) is 12.3. The zero-order valence-corrected chi connectivity index (χ0v) is 16.7. The highest BCUT2D eigenvalue weighted by molar-refractivity contribution is 6.31. The number of nitrogens with one attached hydrogen (secondary N) is 1. The number of benzene rings is 2. The van der Waals surface area contributed by atoms with Gasteiger partial charge in [-0.2, -0.15) is 0 Å². The van der Waals surface area contributed by atoms with Crippen LogP contribution < -0.4 is 5.32 Å². The quantitative estimate of drug-likeness (QED) is 0.668. The van der Waals surface area contributed by atoms with Gasteiger partial charge in [0, 0.05) is 16.5 Å². The number of carbonyl (C=O) groups is 1. The van der Waals surface area contributed by atoms with Crippen LogP contribution in [0.5, 0.6) is 5.75 Å². The smallest absolute Gasteiger partial charge is 0.259 e. The molecule has 0 spiro atoms. The number of phenolic OH excluding ortho intramolecular Hbond substituents is 1. The molecule has 4 nitrogen and oxygen atoms in total. The summed E-state index contributed by atoms with van der Waals surface area (Å²) in [4.78, 5) is 12.6. The van der Waals surface area contributed by atoms with Gasteiger partial charge < -0.3 is 15.2 Å². The van der Waals surface area contributed by atoms with E-state index in [4.69, 9.17) is 27.9 Å². The molecule has 3 rings (SSSR count). The van der Waals surface area contributed by atoms with Crippen molar-refractivity contribution < 1.29 is 14.6 Å². The monoisotopic (exact) mass is 415 g/mol. The molecule has 0 radical (unpaired) electrons. The number of allylic oxidation sites excluding steroid dienone is 4. The summed E-state index contributed by atoms with van der Waals surface area (Å²) in [5.41, 5.74) is 2.69. The van der Waals surface area contributed by atoms with E-state index < -0.39 is 5.91 Å². The number of ether oxygens (including phenoxy) is 1. The third-order valence-corrected chi connectivity index (χ3v) is 4.62. The SMILES string of the molecule is Cc1ccc(COC2=C(NC(=O)c3cc(Cl)ccc3O)C=C(Cl)C=CC2)cc1. The molecule has 28 heavy (non-hydrogen) atoms. The average molecular weight is 416 g/mol. The molecule has 0 aromatic heterocycles. The summed E-state index contributed by atoms with van der Waals surface area (Å²) in [6.45, 7) is 2.38. The zero-order chi connectivity index (χ0) is 20.1. The fraction of sp³-hybridized carbons (Fsp3) is 0.136. The van der Waals surface area contributed by atoms with Crippen molar-refractivity contribution in [3.63, 3.8) is 0 Å². The van der Waals surface area contributed by atoms with Crippen molar-refractivity contribution >= 4 is 29.1 Å². The van der Waals surface area contributed by atoms with Gasteiger partial charge in [0.05, 0.1) is 11.3 Å². The summed E-state index contributed by atoms with van der Waals surface area (Å²) in [6.07, 6.45) is 5.69. The average Bonchev–Trinajstić information content (AvgIpc) is 2.84. The molecule has 0 bridgehead atoms. The van der Waals surface area contributed by atoms with Gasteiger partial charge >= 0.3 is 0 Å². The summed E-state index contributed by atoms with van der Waals surface area (Å²) in [7, 11) is 0. The lowest BCUT2D eigenvalue weighted by Crippen LogP contribution is -2.24. The lowest BCUT2D eigenvalue weighted by atomic mass is 10.1. The summed E-state index contributed by atoms with van der Waals surface area (Å²) in [5, 5.41) is 13.5. The van der Waals surface area contributed by atoms with Gasteiger partial charge in [0.15, 0.2) is 0 Å². The summed E-state index contributed by atoms with van der Waals surface area (Å²) in [5.74, 6) is -0.0946. The van der Waals surface area contributed by atoms with Crippen LogP contribution >= 0.6 is 23.2 Å². The maximum absolute atomic E-state index is 12.6. The minimum Gasteiger partial charge on any atom is -0.507 e. The summed E-state index contributed by atoms with van der Waals surface area (Å²) >= 11 is 12.1. The normalized spacial score (nSPS) is 13.8. The molecular formula is C22H19Cl2NO3. The van der Waals surface area contributed by atoms with Crippen LogP contribution in [0, 0.1) is 6.92 Å². The van der Waals surface area contributed by atoms with Gasteiger partial charge in [-0.1, -0.05) is 59.1 Å². The lowest BCUT2D eigenvalue weighted by Gasteiger charge is -2.15. The second-order valence-corrected chi connectivity index (χ2v) is 7.24. The first-order valence-corrected chi connectivity index (χ1v) is 9.43. The van der Waals surface area contributed by atoms with Crippen molar-refractivity contribution in [2.75, 3.05) is 0 Å². The van der Waals surface area contributed by atoms with Crippen LogP contribution in [0.3, 0.4) is 0 Å². The number of phenols is 1. The highest BCUT2D eigenvalue weighted by Gasteiger charge is 2.17. The number of aryl methyl sites for hydroxylation is 1. The highest BCUT2D eigenvalue weighted by Crippen LogP contribution is 2.24. The first-order valence-electron chi connectivity index (χ1n) is 8.67. The number of rotatable bonds is 5. The molecule has 6 heteroatoms. The van der Waals surface area contributed by atoms with Gasteiger partial charge in [0.25, 0.3) is 5.91 Å². The number of hydrogen-bond donors (Lipinski definition) is 2. The van der Waals surface area contributed by atoms with Crippen LogP contribution in [-0.4, -0.2) is 11.0 Å². The first kappa shape index (κ1) is 20.1. The zero-order valence-electron chi connectivity index (χ0n) is 15.2. The number of aromatic hydroxyl groups is 1. The molecule has 2 aromatic carbocycles. The van der Waals surface area contributed by atoms with Crippen molar-refractivity contribution in [3.05, 3.63) is 98.9 Å². The van der Waals surface area contributed by atoms with E-state index in [-0.39, 0.29) is 11.3 Å². The van der Waals surface area contributed by atoms with Crippen LogP contribution in [0.25, 0.3) is 0 Å². The van der Waals surface area contributed by atoms with E-state index in [0.717, 1.165) is 5.56 Å². The van der Waals surface area contributed by atoms with Gasteiger partial charge in [-0.15, -0.1) is 0 Å². The Morgan fingerprint density at radius 3 is 2.68 bits per heavy atom. The standard InChI is InChI=1S/C22H19Cl2NO3/c1-14-5-7-15(8-6-14)13-28-21-4-2-3-16(23)12-19(21)25-22(27)18-11-17(24)9-10-20(18)26/h2-3,5-12,26H,4,13H2,1H3,(H,25,27). The lowest BCUT2D eigenvalue weighted by molar-refractivity contribution is 0.0959. The maximum Gasteiger partial charge on any atom is 0.259 e. The van der Waals surface area contributed by atoms with E-state index in [1.807, 2.05) is 37.3 Å². The molecule has 0 fully saturated rings. The van der Waals surface area contributed by atoms with Crippen molar-refractivity contribution in [2.45, 2.75) is 20.0 Å². The molecule has 0 saturated heterocycles. The number of hydrogen-bond acceptors (Lipinski definition) is 3. The molecule has 1 aliphatic carbocycles. The Kier molecular flexibility index (Phi) is 6.45. The van der Waals surface area contributed by atoms with Crippen molar-refractivity contribution in [2.24, 2.45) is 0 Å². The molecule has 0 aliphatic heterocycles. The fourth-order valence-corrected chi connectivity index (χ4v) is 3.00. The van der Waals surface area contributed by atoms with Gasteiger partial charge in [-0.3, -0.25) is 4.79 Å². The van der Waals surface area contributed by atoms with Gasteiger partial charge in [0.2, 0.25) is 0 Å². The van der Waals surface area contributed by atoms with Crippen LogP contribution in [-0.2, 0) is 11.3 Å². The van der Waals surface area contributed by atoms with E-state index in [1.165, 1.54) is 23.8 Å². The number of amides is 1. The highest BCUT2D eigenvalue weighted by atomic mass is 35.5. The third kappa shape index (κ3) is 5.18. The Hall–Kier alpha value is -2.69. The molecule has 1 amide bonds. The van der Waals surface area contributed by atoms with E-state index >= 15 is 0 Å². The fourth-order valence-electron chi connectivity index (χ4n) is 2.63. The predicted molar refractivity (Wildman–Crippen MR) is 111 cm³/mol. The minimum atomic E-state index is -0.506. The number of halogens is 2.